The Morgan fingerprint density at radius 1 is 1.40 bits per heavy atom. The maximum absolute atomic E-state index is 12.2. The van der Waals surface area contributed by atoms with Gasteiger partial charge in [0.25, 0.3) is 0 Å². The number of carbonyl (C=O) groups is 1. The van der Waals surface area contributed by atoms with Crippen molar-refractivity contribution in [2.45, 2.75) is 41.0 Å². The number of Topliss-reactive ketones (excluding diaryl/α,β-unsaturated/α-hetero) is 1. The van der Waals surface area contributed by atoms with Crippen LogP contribution in [0.3, 0.4) is 0 Å². The quantitative estimate of drug-likeness (QED) is 0.784. The molecule has 1 aromatic rings. The Balaban J connectivity index is 3.31. The topological polar surface area (TPSA) is 43.1 Å². The molecule has 1 rings (SSSR count). The van der Waals surface area contributed by atoms with Crippen LogP contribution in [0, 0.1) is 12.3 Å². The summed E-state index contributed by atoms with van der Waals surface area (Å²) in [5, 5.41) is 0.671. The summed E-state index contributed by atoms with van der Waals surface area (Å²) in [6.07, 6.45) is 0.872. The van der Waals surface area contributed by atoms with E-state index in [1.807, 2.05) is 27.7 Å². The number of nitrogens with two attached hydrogens (primary N) is 1. The second kappa shape index (κ2) is 3.97. The zero-order valence-electron chi connectivity index (χ0n) is 10.1. The second-order valence-electron chi connectivity index (χ2n) is 4.81. The number of thiophene rings is 1. The van der Waals surface area contributed by atoms with Crippen molar-refractivity contribution in [3.05, 3.63) is 16.0 Å². The lowest BCUT2D eigenvalue weighted by molar-refractivity contribution is 0.0858. The van der Waals surface area contributed by atoms with E-state index in [9.17, 15) is 4.79 Å². The number of hydrogen-bond acceptors (Lipinski definition) is 3. The number of hydrogen-bond donors (Lipinski definition) is 1. The van der Waals surface area contributed by atoms with Gasteiger partial charge in [-0.15, -0.1) is 11.3 Å². The lowest BCUT2D eigenvalue weighted by Gasteiger charge is -2.17. The predicted molar refractivity (Wildman–Crippen MR) is 66.6 cm³/mol. The molecule has 3 heteroatoms. The molecule has 0 spiro atoms. The first-order valence-corrected chi connectivity index (χ1v) is 6.03. The molecule has 0 aliphatic rings. The van der Waals surface area contributed by atoms with Gasteiger partial charge in [-0.2, -0.15) is 0 Å². The fourth-order valence-electron chi connectivity index (χ4n) is 1.65. The SMILES string of the molecule is CCc1c(C)sc(N)c1C(=O)C(C)(C)C. The Bertz CT molecular complexity index is 385. The van der Waals surface area contributed by atoms with Gasteiger partial charge in [-0.3, -0.25) is 4.79 Å². The summed E-state index contributed by atoms with van der Waals surface area (Å²) in [4.78, 5) is 13.4. The zero-order chi connectivity index (χ0) is 11.8. The number of rotatable bonds is 2. The van der Waals surface area contributed by atoms with Gasteiger partial charge < -0.3 is 5.73 Å². The highest BCUT2D eigenvalue weighted by Crippen LogP contribution is 2.35. The average molecular weight is 225 g/mol. The van der Waals surface area contributed by atoms with Crippen molar-refractivity contribution in [3.63, 3.8) is 0 Å². The Labute approximate surface area is 95.5 Å². The van der Waals surface area contributed by atoms with Crippen molar-refractivity contribution in [1.82, 2.24) is 0 Å². The Kier molecular flexibility index (Phi) is 3.24. The molecular formula is C12H19NOS. The minimum absolute atomic E-state index is 0.154. The summed E-state index contributed by atoms with van der Waals surface area (Å²) in [5.41, 5.74) is 7.44. The highest BCUT2D eigenvalue weighted by Gasteiger charge is 2.28. The van der Waals surface area contributed by atoms with Crippen molar-refractivity contribution in [2.75, 3.05) is 5.73 Å². The molecule has 84 valence electrons. The first kappa shape index (κ1) is 12.2. The maximum Gasteiger partial charge on any atom is 0.171 e. The van der Waals surface area contributed by atoms with E-state index in [0.717, 1.165) is 17.5 Å². The summed E-state index contributed by atoms with van der Waals surface area (Å²) >= 11 is 1.52. The Morgan fingerprint density at radius 2 is 1.93 bits per heavy atom. The van der Waals surface area contributed by atoms with Gasteiger partial charge in [0.15, 0.2) is 5.78 Å². The predicted octanol–water partition coefficient (Wildman–Crippen LogP) is 3.43. The molecule has 0 bridgehead atoms. The molecule has 0 aliphatic carbocycles. The van der Waals surface area contributed by atoms with E-state index in [4.69, 9.17) is 5.73 Å². The molecule has 1 heterocycles. The lowest BCUT2D eigenvalue weighted by Crippen LogP contribution is -2.21. The van der Waals surface area contributed by atoms with Crippen LogP contribution in [0.15, 0.2) is 0 Å². The molecule has 0 amide bonds. The number of nitrogen functional groups attached to an aromatic ring is 1. The fourth-order valence-corrected chi connectivity index (χ4v) is 2.67. The minimum atomic E-state index is -0.356. The summed E-state index contributed by atoms with van der Waals surface area (Å²) < 4.78 is 0. The summed E-state index contributed by atoms with van der Waals surface area (Å²) in [6, 6.07) is 0. The van der Waals surface area contributed by atoms with Gasteiger partial charge in [0, 0.05) is 10.3 Å². The van der Waals surface area contributed by atoms with E-state index in [-0.39, 0.29) is 11.2 Å². The van der Waals surface area contributed by atoms with Gasteiger partial charge in [0.1, 0.15) is 0 Å². The first-order valence-electron chi connectivity index (χ1n) is 5.21. The van der Waals surface area contributed by atoms with Crippen LogP contribution in [0.1, 0.15) is 48.5 Å². The third kappa shape index (κ3) is 2.23. The molecule has 1 aromatic heterocycles. The van der Waals surface area contributed by atoms with E-state index in [0.29, 0.717) is 5.00 Å². The normalized spacial score (nSPS) is 11.8. The molecule has 0 radical (unpaired) electrons. The van der Waals surface area contributed by atoms with Crippen LogP contribution in [0.25, 0.3) is 0 Å². The van der Waals surface area contributed by atoms with Crippen molar-refractivity contribution in [2.24, 2.45) is 5.41 Å². The first-order chi connectivity index (χ1) is 6.79. The number of carbonyl (C=O) groups excluding carboxylic acids is 1. The van der Waals surface area contributed by atoms with Crippen molar-refractivity contribution >= 4 is 22.1 Å². The third-order valence-electron chi connectivity index (χ3n) is 2.50. The number of aryl methyl sites for hydroxylation is 1. The standard InChI is InChI=1S/C12H19NOS/c1-6-8-7(2)15-11(13)9(8)10(14)12(3,4)5/h6,13H2,1-5H3. The van der Waals surface area contributed by atoms with Crippen LogP contribution >= 0.6 is 11.3 Å². The average Bonchev–Trinajstić information content (AvgIpc) is 2.37. The zero-order valence-corrected chi connectivity index (χ0v) is 10.9. The van der Waals surface area contributed by atoms with Gasteiger partial charge in [0.05, 0.1) is 10.6 Å². The lowest BCUT2D eigenvalue weighted by atomic mass is 9.85. The molecule has 0 saturated carbocycles. The van der Waals surface area contributed by atoms with Crippen molar-refractivity contribution < 1.29 is 4.79 Å². The van der Waals surface area contributed by atoms with Crippen LogP contribution in [0.5, 0.6) is 0 Å². The molecule has 0 unspecified atom stereocenters. The van der Waals surface area contributed by atoms with Crippen LogP contribution in [0.4, 0.5) is 5.00 Å². The highest BCUT2D eigenvalue weighted by molar-refractivity contribution is 7.16. The van der Waals surface area contributed by atoms with Crippen LogP contribution < -0.4 is 5.73 Å². The van der Waals surface area contributed by atoms with Gasteiger partial charge in [-0.1, -0.05) is 27.7 Å². The Morgan fingerprint density at radius 3 is 2.33 bits per heavy atom. The van der Waals surface area contributed by atoms with Crippen LogP contribution in [0.2, 0.25) is 0 Å². The van der Waals surface area contributed by atoms with E-state index in [2.05, 4.69) is 6.92 Å². The summed E-state index contributed by atoms with van der Waals surface area (Å²) in [7, 11) is 0. The Hall–Kier alpha value is -0.830. The van der Waals surface area contributed by atoms with E-state index >= 15 is 0 Å². The fraction of sp³-hybridized carbons (Fsp3) is 0.583. The molecule has 0 aromatic carbocycles. The molecule has 15 heavy (non-hydrogen) atoms. The van der Waals surface area contributed by atoms with E-state index in [1.54, 1.807) is 0 Å². The van der Waals surface area contributed by atoms with Gasteiger partial charge >= 0.3 is 0 Å². The highest BCUT2D eigenvalue weighted by atomic mass is 32.1. The van der Waals surface area contributed by atoms with Crippen molar-refractivity contribution in [1.29, 1.82) is 0 Å². The largest absolute Gasteiger partial charge is 0.390 e. The second-order valence-corrected chi connectivity index (χ2v) is 6.07. The van der Waals surface area contributed by atoms with Crippen LogP contribution in [-0.4, -0.2) is 5.78 Å². The molecular weight excluding hydrogens is 206 g/mol. The minimum Gasteiger partial charge on any atom is -0.390 e. The molecule has 2 N–H and O–H groups in total. The van der Waals surface area contributed by atoms with Gasteiger partial charge in [0.2, 0.25) is 0 Å². The third-order valence-corrected chi connectivity index (χ3v) is 3.47. The van der Waals surface area contributed by atoms with Gasteiger partial charge in [-0.05, 0) is 18.9 Å². The van der Waals surface area contributed by atoms with Crippen LogP contribution in [-0.2, 0) is 6.42 Å². The maximum atomic E-state index is 12.2. The molecule has 2 nitrogen and oxygen atoms in total. The van der Waals surface area contributed by atoms with E-state index < -0.39 is 0 Å². The molecule has 0 fully saturated rings. The summed E-state index contributed by atoms with van der Waals surface area (Å²) in [6.45, 7) is 9.89. The molecule has 0 saturated heterocycles. The van der Waals surface area contributed by atoms with Crippen molar-refractivity contribution in [3.8, 4) is 0 Å². The number of anilines is 1. The smallest absolute Gasteiger partial charge is 0.171 e. The molecule has 0 atom stereocenters. The monoisotopic (exact) mass is 225 g/mol. The summed E-state index contributed by atoms with van der Waals surface area (Å²) in [5.74, 6) is 0.154. The number of ketones is 1. The van der Waals surface area contributed by atoms with E-state index in [1.165, 1.54) is 16.2 Å². The van der Waals surface area contributed by atoms with Gasteiger partial charge in [-0.25, -0.2) is 0 Å². The molecule has 0 aliphatic heterocycles.